The number of amides is 1. The van der Waals surface area contributed by atoms with Gasteiger partial charge in [0, 0.05) is 12.6 Å². The van der Waals surface area contributed by atoms with E-state index in [4.69, 9.17) is 4.42 Å². The zero-order valence-electron chi connectivity index (χ0n) is 21.1. The highest BCUT2D eigenvalue weighted by Crippen LogP contribution is 2.27. The molecule has 0 bridgehead atoms. The summed E-state index contributed by atoms with van der Waals surface area (Å²) < 4.78 is 7.84. The Hall–Kier alpha value is -4.47. The van der Waals surface area contributed by atoms with Crippen molar-refractivity contribution in [2.75, 3.05) is 0 Å². The number of hydrogen-bond acceptors (Lipinski definition) is 7. The Labute approximate surface area is 213 Å². The molecule has 2 aromatic carbocycles. The van der Waals surface area contributed by atoms with E-state index in [0.29, 0.717) is 17.7 Å². The number of aromatic nitrogens is 4. The van der Waals surface area contributed by atoms with Crippen molar-refractivity contribution in [3.63, 3.8) is 0 Å². The lowest BCUT2D eigenvalue weighted by molar-refractivity contribution is -0.122. The molecule has 37 heavy (non-hydrogen) atoms. The van der Waals surface area contributed by atoms with Gasteiger partial charge in [-0.2, -0.15) is 0 Å². The molecule has 0 aliphatic heterocycles. The van der Waals surface area contributed by atoms with E-state index in [9.17, 15) is 19.5 Å². The van der Waals surface area contributed by atoms with Gasteiger partial charge in [0.1, 0.15) is 12.2 Å². The summed E-state index contributed by atoms with van der Waals surface area (Å²) in [7, 11) is 1.52. The number of nitrogens with zero attached hydrogens (tertiary/aromatic N) is 4. The van der Waals surface area contributed by atoms with E-state index in [0.717, 1.165) is 15.7 Å². The molecule has 0 fully saturated rings. The first-order chi connectivity index (χ1) is 17.7. The molecule has 1 amide bonds. The zero-order chi connectivity index (χ0) is 26.7. The Morgan fingerprint density at radius 1 is 1.08 bits per heavy atom. The van der Waals surface area contributed by atoms with Crippen LogP contribution >= 0.6 is 0 Å². The standard InChI is InChI=1S/C27H29N5O5/c1-16(2)22(24(34)25-30-29-21(37-25)14-18-10-8-9-17(3)13-18)28-20(33)15-32-26(35)23(31(4)27(32)36)19-11-6-5-7-12-19/h5-13,16,22,35H,14-15H2,1-4H3,(H,28,33)/t22-/m0/s1. The van der Waals surface area contributed by atoms with Crippen LogP contribution in [-0.4, -0.2) is 42.2 Å². The van der Waals surface area contributed by atoms with Gasteiger partial charge >= 0.3 is 5.69 Å². The van der Waals surface area contributed by atoms with Crippen LogP contribution in [0.2, 0.25) is 0 Å². The maximum atomic E-state index is 13.1. The highest BCUT2D eigenvalue weighted by molar-refractivity contribution is 5.98. The van der Waals surface area contributed by atoms with Crippen LogP contribution in [-0.2, 0) is 24.8 Å². The van der Waals surface area contributed by atoms with Gasteiger partial charge in [-0.1, -0.05) is 74.0 Å². The number of aryl methyl sites for hydroxylation is 1. The van der Waals surface area contributed by atoms with Gasteiger partial charge in [-0.25, -0.2) is 4.79 Å². The minimum atomic E-state index is -0.963. The summed E-state index contributed by atoms with van der Waals surface area (Å²) in [4.78, 5) is 38.8. The first-order valence-corrected chi connectivity index (χ1v) is 11.9. The molecule has 4 rings (SSSR count). The minimum Gasteiger partial charge on any atom is -0.493 e. The predicted octanol–water partition coefficient (Wildman–Crippen LogP) is 2.87. The third-order valence-electron chi connectivity index (χ3n) is 6.05. The highest BCUT2D eigenvalue weighted by atomic mass is 16.4. The lowest BCUT2D eigenvalue weighted by atomic mass is 9.99. The fourth-order valence-corrected chi connectivity index (χ4v) is 4.16. The van der Waals surface area contributed by atoms with Crippen LogP contribution in [0.15, 0.2) is 63.8 Å². The van der Waals surface area contributed by atoms with Gasteiger partial charge in [0.15, 0.2) is 0 Å². The van der Waals surface area contributed by atoms with Crippen LogP contribution in [0.4, 0.5) is 0 Å². The smallest absolute Gasteiger partial charge is 0.331 e. The van der Waals surface area contributed by atoms with Crippen molar-refractivity contribution in [3.05, 3.63) is 88.0 Å². The lowest BCUT2D eigenvalue weighted by Crippen LogP contribution is -2.46. The average molecular weight is 504 g/mol. The van der Waals surface area contributed by atoms with E-state index >= 15 is 0 Å². The van der Waals surface area contributed by atoms with Gasteiger partial charge in [0.05, 0.1) is 12.5 Å². The van der Waals surface area contributed by atoms with E-state index in [1.54, 1.807) is 38.1 Å². The molecule has 0 spiro atoms. The largest absolute Gasteiger partial charge is 0.493 e. The van der Waals surface area contributed by atoms with Crippen molar-refractivity contribution in [1.29, 1.82) is 0 Å². The predicted molar refractivity (Wildman–Crippen MR) is 136 cm³/mol. The molecule has 192 valence electrons. The van der Waals surface area contributed by atoms with Crippen LogP contribution in [0.3, 0.4) is 0 Å². The van der Waals surface area contributed by atoms with E-state index in [1.807, 2.05) is 37.3 Å². The molecule has 0 saturated carbocycles. The van der Waals surface area contributed by atoms with Crippen LogP contribution in [0.1, 0.15) is 41.6 Å². The van der Waals surface area contributed by atoms with Crippen molar-refractivity contribution in [1.82, 2.24) is 24.6 Å². The van der Waals surface area contributed by atoms with Crippen LogP contribution in [0.5, 0.6) is 5.88 Å². The Morgan fingerprint density at radius 3 is 2.49 bits per heavy atom. The number of rotatable bonds is 9. The van der Waals surface area contributed by atoms with Gasteiger partial charge < -0.3 is 14.8 Å². The van der Waals surface area contributed by atoms with Crippen molar-refractivity contribution in [3.8, 4) is 17.1 Å². The number of imidazole rings is 1. The van der Waals surface area contributed by atoms with Crippen LogP contribution in [0, 0.1) is 12.8 Å². The van der Waals surface area contributed by atoms with Crippen LogP contribution < -0.4 is 11.0 Å². The molecule has 0 aliphatic carbocycles. The van der Waals surface area contributed by atoms with Crippen molar-refractivity contribution < 1.29 is 19.1 Å². The summed E-state index contributed by atoms with van der Waals surface area (Å²) in [6, 6.07) is 15.8. The number of hydrogen-bond donors (Lipinski definition) is 2. The first-order valence-electron chi connectivity index (χ1n) is 11.9. The number of aromatic hydroxyl groups is 1. The number of carbonyl (C=O) groups is 2. The zero-order valence-corrected chi connectivity index (χ0v) is 21.1. The fourth-order valence-electron chi connectivity index (χ4n) is 4.16. The Kier molecular flexibility index (Phi) is 7.37. The first kappa shape index (κ1) is 25.6. The second-order valence-electron chi connectivity index (χ2n) is 9.29. The molecule has 1 atom stereocenters. The number of carbonyl (C=O) groups excluding carboxylic acids is 2. The van der Waals surface area contributed by atoms with Crippen LogP contribution in [0.25, 0.3) is 11.3 Å². The van der Waals surface area contributed by atoms with Gasteiger partial charge in [0.25, 0.3) is 5.89 Å². The molecular formula is C27H29N5O5. The highest BCUT2D eigenvalue weighted by Gasteiger charge is 2.30. The quantitative estimate of drug-likeness (QED) is 0.336. The summed E-state index contributed by atoms with van der Waals surface area (Å²) in [5, 5.41) is 21.3. The number of ketones is 1. The molecule has 2 aromatic heterocycles. The van der Waals surface area contributed by atoms with E-state index < -0.39 is 30.0 Å². The molecule has 2 heterocycles. The number of nitrogens with one attached hydrogen (secondary N) is 1. The minimum absolute atomic E-state index is 0.201. The second-order valence-corrected chi connectivity index (χ2v) is 9.29. The van der Waals surface area contributed by atoms with Gasteiger partial charge in [-0.15, -0.1) is 10.2 Å². The molecule has 0 unspecified atom stereocenters. The maximum absolute atomic E-state index is 13.1. The summed E-state index contributed by atoms with van der Waals surface area (Å²) in [5.41, 5.74) is 2.43. The fraction of sp³-hybridized carbons (Fsp3) is 0.296. The normalized spacial score (nSPS) is 12.0. The summed E-state index contributed by atoms with van der Waals surface area (Å²) in [6.45, 7) is 5.05. The summed E-state index contributed by atoms with van der Waals surface area (Å²) in [5.74, 6) is -1.69. The second kappa shape index (κ2) is 10.7. The molecular weight excluding hydrogens is 474 g/mol. The molecule has 0 saturated heterocycles. The van der Waals surface area contributed by atoms with Crippen molar-refractivity contribution in [2.45, 2.75) is 39.8 Å². The number of benzene rings is 2. The average Bonchev–Trinajstić information content (AvgIpc) is 3.41. The molecule has 10 heteroatoms. The summed E-state index contributed by atoms with van der Waals surface area (Å²) in [6.07, 6.45) is 0.376. The molecule has 0 radical (unpaired) electrons. The Balaban J connectivity index is 1.49. The van der Waals surface area contributed by atoms with Gasteiger partial charge in [0.2, 0.25) is 23.5 Å². The Bertz CT molecular complexity index is 1480. The van der Waals surface area contributed by atoms with Crippen molar-refractivity contribution >= 4 is 11.7 Å². The summed E-state index contributed by atoms with van der Waals surface area (Å²) >= 11 is 0. The lowest BCUT2D eigenvalue weighted by Gasteiger charge is -2.19. The van der Waals surface area contributed by atoms with Gasteiger partial charge in [-0.05, 0) is 18.4 Å². The van der Waals surface area contributed by atoms with Crippen molar-refractivity contribution in [2.24, 2.45) is 13.0 Å². The maximum Gasteiger partial charge on any atom is 0.331 e. The van der Waals surface area contributed by atoms with E-state index in [2.05, 4.69) is 15.5 Å². The van der Waals surface area contributed by atoms with E-state index in [1.165, 1.54) is 11.6 Å². The third kappa shape index (κ3) is 5.53. The third-order valence-corrected chi connectivity index (χ3v) is 6.05. The molecule has 10 nitrogen and oxygen atoms in total. The topological polar surface area (TPSA) is 132 Å². The monoisotopic (exact) mass is 503 g/mol. The SMILES string of the molecule is Cc1cccc(Cc2nnc(C(=O)[C@@H](NC(=O)Cn3c(O)c(-c4ccccc4)n(C)c3=O)C(C)C)o2)c1. The number of Topliss-reactive ketones (excluding diaryl/α,β-unsaturated/α-hetero) is 1. The molecule has 4 aromatic rings. The molecule has 0 aliphatic rings. The Morgan fingerprint density at radius 2 is 1.81 bits per heavy atom. The van der Waals surface area contributed by atoms with Gasteiger partial charge in [-0.3, -0.25) is 18.7 Å². The molecule has 2 N–H and O–H groups in total. The van der Waals surface area contributed by atoms with E-state index in [-0.39, 0.29) is 23.6 Å².